The van der Waals surface area contributed by atoms with Crippen LogP contribution in [0.4, 0.5) is 37.7 Å². The van der Waals surface area contributed by atoms with E-state index in [4.69, 9.17) is 44.6 Å². The first-order chi connectivity index (χ1) is 65.6. The van der Waals surface area contributed by atoms with Gasteiger partial charge in [0.25, 0.3) is 0 Å². The Balaban J connectivity index is 0.000000135. The molecule has 12 aliphatic carbocycles. The van der Waals surface area contributed by atoms with E-state index in [0.717, 1.165) is 36.2 Å². The summed E-state index contributed by atoms with van der Waals surface area (Å²) in [6.07, 6.45) is -5.44. The van der Waals surface area contributed by atoms with Crippen LogP contribution in [0.2, 0.25) is 0 Å². The Morgan fingerprint density at radius 1 is 0.424 bits per heavy atom. The molecular weight excluding hydrogens is 1820 g/mol. The topological polar surface area (TPSA) is 449 Å². The van der Waals surface area contributed by atoms with E-state index in [2.05, 4.69) is 0 Å². The number of aliphatic hydroxyl groups excluding tert-OH is 7. The highest BCUT2D eigenvalue weighted by atomic mass is 19.2. The molecule has 0 spiro atoms. The summed E-state index contributed by atoms with van der Waals surface area (Å²) in [6.45, 7) is 8.53. The third-order valence-corrected chi connectivity index (χ3v) is 33.7. The number of nitrogens with two attached hydrogens (primary N) is 2. The van der Waals surface area contributed by atoms with E-state index < -0.39 is 242 Å². The van der Waals surface area contributed by atoms with Gasteiger partial charge in [0.1, 0.15) is 61.9 Å². The molecule has 0 bridgehead atoms. The quantitative estimate of drug-likeness (QED) is 0.0150. The van der Waals surface area contributed by atoms with Crippen molar-refractivity contribution in [1.82, 2.24) is 0 Å². The van der Waals surface area contributed by atoms with Crippen molar-refractivity contribution in [2.24, 2.45) is 68.0 Å². The van der Waals surface area contributed by atoms with Gasteiger partial charge in [0.2, 0.25) is 0 Å². The standard InChI is InChI=1S/2C35H35F2NO8.C21H26F2O6.C15H12O3/c2*1-32-11-10-21(40)13-25(32)26(36)14-24-23-15-29-35(28(42)17-39,33(23,2)16-27(41)34(24,32)37)46-31(45-29)19-8-6-18(7-9-19)30(43)44-22-5-3-4-20(38)12-22;1-18-4-3-10(25)5-13(18)14(22)6-12-11-7-15(26)21(29,17(28)9-24)19(11,2)8-16(27)20(12,18)23;1-11-3-2-4-14(9-11)18-15(17)13-7-5-12(10-16)6-8-13/h2*3-13,23-24,26-27,29,31,39,41H,14-17,38H2,1-2H3;3-5,11-12,14-16,24,26-27,29H,6-9H2,1-2H3;2-10H,1H3/t23-,24-,26-,27-,29+,31+,32-,33-,34-,35+;23-,24-,26-,27-,29+,31-,32-,33-,34-,35+;11-,12-,14-,15+,16-,18-,19-,20-,21-;/m000./s1. The molecule has 0 radical (unpaired) electrons. The van der Waals surface area contributed by atoms with Gasteiger partial charge in [-0.15, -0.1) is 0 Å². The molecule has 0 aromatic heterocycles. The first-order valence-electron chi connectivity index (χ1n) is 46.2. The lowest BCUT2D eigenvalue weighted by molar-refractivity contribution is -0.235. The van der Waals surface area contributed by atoms with Crippen LogP contribution >= 0.6 is 0 Å². The number of hydrogen-bond donors (Lipinski definition) is 10. The molecule has 2 aliphatic heterocycles. The van der Waals surface area contributed by atoms with Crippen molar-refractivity contribution in [3.63, 3.8) is 0 Å². The van der Waals surface area contributed by atoms with Crippen molar-refractivity contribution in [2.45, 2.75) is 208 Å². The molecule has 734 valence electrons. The Hall–Kier alpha value is -11.4. The van der Waals surface area contributed by atoms with Gasteiger partial charge in [0.05, 0.1) is 53.3 Å². The summed E-state index contributed by atoms with van der Waals surface area (Å²) in [7, 11) is 0. The highest BCUT2D eigenvalue weighted by molar-refractivity contribution is 6.03. The van der Waals surface area contributed by atoms with E-state index in [1.54, 1.807) is 111 Å². The van der Waals surface area contributed by atoms with Crippen LogP contribution in [0.25, 0.3) is 0 Å². The molecule has 9 saturated carbocycles. The van der Waals surface area contributed by atoms with Crippen molar-refractivity contribution >= 4 is 70.3 Å². The molecule has 6 aromatic rings. The second-order valence-electron chi connectivity index (χ2n) is 40.5. The number of Topliss-reactive ketones (excluding diaryl/α,β-unsaturated/α-hetero) is 3. The fraction of sp³-hybridized carbons (Fsp3) is 0.453. The highest BCUT2D eigenvalue weighted by Crippen LogP contribution is 2.76. The smallest absolute Gasteiger partial charge is 0.343 e. The number of ketones is 6. The number of benzene rings is 6. The number of aliphatic hydroxyl groups is 8. The summed E-state index contributed by atoms with van der Waals surface area (Å²) in [5.41, 5.74) is -5.72. The number of allylic oxidation sites excluding steroid dienone is 12. The second kappa shape index (κ2) is 35.7. The van der Waals surface area contributed by atoms with Crippen LogP contribution < -0.4 is 25.7 Å². The minimum atomic E-state index is -2.37. The van der Waals surface area contributed by atoms with E-state index >= 15 is 26.3 Å². The van der Waals surface area contributed by atoms with Gasteiger partial charge in [0, 0.05) is 90.4 Å². The summed E-state index contributed by atoms with van der Waals surface area (Å²) in [5, 5.41) is 85.6. The van der Waals surface area contributed by atoms with Gasteiger partial charge in [-0.25, -0.2) is 40.7 Å². The monoisotopic (exact) mass is 1920 g/mol. The van der Waals surface area contributed by atoms with Crippen molar-refractivity contribution in [3.8, 4) is 17.2 Å². The van der Waals surface area contributed by atoms with Crippen LogP contribution in [0.15, 0.2) is 217 Å². The predicted octanol–water partition coefficient (Wildman–Crippen LogP) is 11.9. The van der Waals surface area contributed by atoms with Gasteiger partial charge in [-0.3, -0.25) is 33.6 Å². The zero-order valence-electron chi connectivity index (χ0n) is 76.9. The molecule has 20 rings (SSSR count). The summed E-state index contributed by atoms with van der Waals surface area (Å²) in [4.78, 5) is 124. The van der Waals surface area contributed by atoms with Gasteiger partial charge >= 0.3 is 17.9 Å². The van der Waals surface area contributed by atoms with Gasteiger partial charge in [0.15, 0.2) is 81.1 Å². The number of fused-ring (bicyclic) bond motifs is 19. The van der Waals surface area contributed by atoms with E-state index in [9.17, 15) is 88.8 Å². The Bertz CT molecular complexity index is 5960. The van der Waals surface area contributed by atoms with Gasteiger partial charge in [-0.1, -0.05) is 99.7 Å². The highest BCUT2D eigenvalue weighted by Gasteiger charge is 2.84. The fourth-order valence-electron chi connectivity index (χ4n) is 26.9. The first kappa shape index (κ1) is 99.1. The number of esters is 3. The molecule has 12 N–H and O–H groups in total. The van der Waals surface area contributed by atoms with Crippen LogP contribution in [0.5, 0.6) is 17.2 Å². The molecule has 14 aliphatic rings. The number of aldehydes is 1. The van der Waals surface area contributed by atoms with Crippen LogP contribution in [0.3, 0.4) is 0 Å². The molecule has 0 amide bonds. The zero-order valence-corrected chi connectivity index (χ0v) is 76.9. The molecular formula is C106H108F6N2O25. The van der Waals surface area contributed by atoms with Crippen molar-refractivity contribution < 1.29 is 148 Å². The number of carbonyl (C=O) groups excluding carboxylic acids is 10. The summed E-state index contributed by atoms with van der Waals surface area (Å²) in [6, 6.07) is 39.0. The lowest BCUT2D eigenvalue weighted by Crippen LogP contribution is -2.70. The molecule has 29 atom stereocenters. The number of carbonyl (C=O) groups is 10. The predicted molar refractivity (Wildman–Crippen MR) is 485 cm³/mol. The van der Waals surface area contributed by atoms with E-state index in [1.807, 2.05) is 19.1 Å². The number of ether oxygens (including phenoxy) is 7. The first-order valence-corrected chi connectivity index (χ1v) is 46.2. The Morgan fingerprint density at radius 3 is 1.08 bits per heavy atom. The van der Waals surface area contributed by atoms with Crippen LogP contribution in [-0.2, 0) is 47.7 Å². The Labute approximate surface area is 794 Å². The average Bonchev–Trinajstić information content (AvgIpc) is 1.51. The summed E-state index contributed by atoms with van der Waals surface area (Å²) >= 11 is 0. The van der Waals surface area contributed by atoms with Crippen LogP contribution in [-0.4, -0.2) is 209 Å². The van der Waals surface area contributed by atoms with Crippen molar-refractivity contribution in [2.75, 3.05) is 31.3 Å². The maximum absolute atomic E-state index is 17.5. The summed E-state index contributed by atoms with van der Waals surface area (Å²) in [5.74, 6) is -9.56. The van der Waals surface area contributed by atoms with Gasteiger partial charge in [-0.2, -0.15) is 0 Å². The number of hydrogen-bond acceptors (Lipinski definition) is 27. The van der Waals surface area contributed by atoms with E-state index in [1.165, 1.54) is 94.5 Å². The molecule has 27 nitrogen and oxygen atoms in total. The number of halogens is 6. The summed E-state index contributed by atoms with van der Waals surface area (Å²) < 4.78 is 140. The molecule has 6 aromatic carbocycles. The molecule has 0 unspecified atom stereocenters. The number of aryl methyl sites for hydroxylation is 1. The van der Waals surface area contributed by atoms with E-state index in [-0.39, 0.29) is 97.1 Å². The van der Waals surface area contributed by atoms with Crippen LogP contribution in [0, 0.1) is 74.9 Å². The molecule has 139 heavy (non-hydrogen) atoms. The van der Waals surface area contributed by atoms with Gasteiger partial charge < -0.3 is 85.5 Å². The molecule has 2 saturated heterocycles. The minimum absolute atomic E-state index is 0.00790. The third-order valence-electron chi connectivity index (χ3n) is 33.7. The fourth-order valence-corrected chi connectivity index (χ4v) is 26.9. The minimum Gasteiger partial charge on any atom is -0.423 e. The van der Waals surface area contributed by atoms with Gasteiger partial charge in [-0.05, 0) is 235 Å². The third kappa shape index (κ3) is 15.0. The Morgan fingerprint density at radius 2 is 0.748 bits per heavy atom. The maximum atomic E-state index is 17.5. The Kier molecular flexibility index (Phi) is 25.4. The second-order valence-corrected chi connectivity index (χ2v) is 40.5. The number of alkyl halides is 6. The molecule has 11 fully saturated rings. The van der Waals surface area contributed by atoms with Crippen molar-refractivity contribution in [3.05, 3.63) is 256 Å². The van der Waals surface area contributed by atoms with Crippen molar-refractivity contribution in [1.29, 1.82) is 0 Å². The number of anilines is 2. The normalized spacial score (nSPS) is 39.4. The van der Waals surface area contributed by atoms with E-state index in [0.29, 0.717) is 39.4 Å². The largest absolute Gasteiger partial charge is 0.423 e. The lowest BCUT2D eigenvalue weighted by Gasteiger charge is -2.63. The lowest BCUT2D eigenvalue weighted by atomic mass is 9.44. The SMILES string of the molecule is C[C@]12C=CC(=O)C=C1[C@@H](F)C[C@H]1[C@@H]3C[C@@H](O)[C@](O)(C(=O)CO)[C@@]3(C)C[C@H](O)[C@@]12F.C[C@]12C=CC(=O)C=C1[C@@H](F)C[C@H]1[C@@H]3C[C@H]4O[C@@H](c5ccc(C(=O)Oc6cccc(N)c6)cc5)O[C@@]4(C(=O)CO)[C@@]3(C)C[C@H](O)[C@@]12F.C[C@]12C=CC(=O)C=C1[C@@H](F)C[C@H]1[C@@H]3C[C@H]4O[C@H](c5ccc(C(=O)Oc6cccc(N)c6)cc5)O[C@@]4(C(=O)CO)[C@@]3(C)C[C@H](O)[C@@]12F.Cc1cccc(OC(=O)c2ccc(C=O)cc2)c1. The number of nitrogen functional groups attached to an aromatic ring is 2. The van der Waals surface area contributed by atoms with Crippen LogP contribution in [0.1, 0.15) is 170 Å². The zero-order chi connectivity index (χ0) is 100. The molecule has 33 heteroatoms. The number of rotatable bonds is 15. The average molecular weight is 1920 g/mol. The maximum Gasteiger partial charge on any atom is 0.343 e. The molecule has 2 heterocycles.